The van der Waals surface area contributed by atoms with Crippen molar-refractivity contribution in [1.82, 2.24) is 0 Å². The van der Waals surface area contributed by atoms with Gasteiger partial charge in [0.15, 0.2) is 0 Å². The van der Waals surface area contributed by atoms with Crippen LogP contribution in [-0.2, 0) is 32.1 Å². The molecule has 4 atom stereocenters. The van der Waals surface area contributed by atoms with Crippen LogP contribution in [0.4, 0.5) is 0 Å². The molecule has 0 aliphatic rings. The van der Waals surface area contributed by atoms with E-state index in [1.165, 1.54) is 0 Å². The zero-order valence-corrected chi connectivity index (χ0v) is 42.6. The van der Waals surface area contributed by atoms with E-state index in [9.17, 15) is 25.5 Å². The first-order chi connectivity index (χ1) is 35.6. The van der Waals surface area contributed by atoms with Crippen molar-refractivity contribution >= 4 is 0 Å². The second-order valence-electron chi connectivity index (χ2n) is 19.3. The van der Waals surface area contributed by atoms with Crippen LogP contribution in [0.15, 0.2) is 194 Å². The van der Waals surface area contributed by atoms with Gasteiger partial charge in [0.05, 0.1) is 0 Å². The summed E-state index contributed by atoms with van der Waals surface area (Å²) in [6, 6.07) is 64.1. The minimum absolute atomic E-state index is 0.0615. The van der Waals surface area contributed by atoms with E-state index in [0.717, 1.165) is 62.9 Å². The summed E-state index contributed by atoms with van der Waals surface area (Å²) in [5.41, 5.74) is 14.0. The fourth-order valence-electron chi connectivity index (χ4n) is 11.0. The molecule has 5 nitrogen and oxygen atoms in total. The Labute approximate surface area is 431 Å². The van der Waals surface area contributed by atoms with Crippen molar-refractivity contribution < 1.29 is 25.5 Å². The molecule has 73 heavy (non-hydrogen) atoms. The maximum Gasteiger partial charge on any atom is 0.123 e. The number of hydrogen-bond donors (Lipinski definition) is 5. The molecule has 0 aliphatic carbocycles. The molecule has 0 aromatic heterocycles. The fraction of sp³-hybridized carbons (Fsp3) is 0.206. The van der Waals surface area contributed by atoms with Crippen molar-refractivity contribution in [3.63, 3.8) is 0 Å². The Bertz CT molecular complexity index is 3110. The highest BCUT2D eigenvalue weighted by Gasteiger charge is 2.34. The summed E-state index contributed by atoms with van der Waals surface area (Å²) in [4.78, 5) is 0. The molecule has 0 fully saturated rings. The van der Waals surface area contributed by atoms with Crippen molar-refractivity contribution in [2.24, 2.45) is 0 Å². The van der Waals surface area contributed by atoms with Crippen LogP contribution in [-0.4, -0.2) is 25.5 Å². The number of phenolic OH excluding ortho intramolecular Hbond substituents is 5. The zero-order chi connectivity index (χ0) is 51.2. The van der Waals surface area contributed by atoms with E-state index in [0.29, 0.717) is 63.8 Å². The SMILES string of the molecule is CCc1ccc(O)c(C(c2ccccc2)c2cc(CC)cc(C(c3ccccc3)c3cc(CC)cc(C(c4ccccc4)c4cc(CC)cc(C(c5ccccc5)c5cc(CC)ccc5O)c4O)c3O)c2O)c1. The third-order valence-corrected chi connectivity index (χ3v) is 14.9. The van der Waals surface area contributed by atoms with Crippen LogP contribution >= 0.6 is 0 Å². The van der Waals surface area contributed by atoms with Crippen LogP contribution in [0.2, 0.25) is 0 Å². The minimum Gasteiger partial charge on any atom is -0.508 e. The van der Waals surface area contributed by atoms with Gasteiger partial charge < -0.3 is 25.5 Å². The molecule has 368 valence electrons. The normalized spacial score (nSPS) is 13.1. The Morgan fingerprint density at radius 2 is 0.452 bits per heavy atom. The van der Waals surface area contributed by atoms with Gasteiger partial charge in [0.2, 0.25) is 0 Å². The van der Waals surface area contributed by atoms with Crippen molar-refractivity contribution in [2.45, 2.75) is 90.4 Å². The molecule has 0 saturated heterocycles. The van der Waals surface area contributed by atoms with Crippen molar-refractivity contribution in [3.05, 3.63) is 289 Å². The summed E-state index contributed by atoms with van der Waals surface area (Å²) in [6.07, 6.45) is 3.55. The lowest BCUT2D eigenvalue weighted by Gasteiger charge is -2.30. The average Bonchev–Trinajstić information content (AvgIpc) is 3.43. The second-order valence-corrected chi connectivity index (χ2v) is 19.3. The summed E-state index contributed by atoms with van der Waals surface area (Å²) in [5, 5.41) is 63.1. The monoisotopic (exact) mass is 962 g/mol. The number of aryl methyl sites for hydroxylation is 5. The van der Waals surface area contributed by atoms with E-state index in [1.54, 1.807) is 12.1 Å². The first kappa shape index (κ1) is 49.9. The van der Waals surface area contributed by atoms with Gasteiger partial charge >= 0.3 is 0 Å². The molecular formula is C68H66O5. The highest BCUT2D eigenvalue weighted by atomic mass is 16.3. The summed E-state index contributed by atoms with van der Waals surface area (Å²) in [6.45, 7) is 10.5. The fourth-order valence-corrected chi connectivity index (χ4v) is 11.0. The molecule has 0 spiro atoms. The first-order valence-electron chi connectivity index (χ1n) is 26.0. The predicted octanol–water partition coefficient (Wildman–Crippen LogP) is 15.7. The number of hydrogen-bond acceptors (Lipinski definition) is 5. The predicted molar refractivity (Wildman–Crippen MR) is 297 cm³/mol. The summed E-state index contributed by atoms with van der Waals surface area (Å²) in [5.74, 6) is -1.80. The van der Waals surface area contributed by atoms with Crippen LogP contribution in [0.5, 0.6) is 28.7 Å². The van der Waals surface area contributed by atoms with Crippen LogP contribution in [0.25, 0.3) is 0 Å². The molecule has 0 heterocycles. The minimum atomic E-state index is -0.650. The van der Waals surface area contributed by atoms with Crippen LogP contribution in [0, 0.1) is 0 Å². The molecule has 0 aliphatic heterocycles. The summed E-state index contributed by atoms with van der Waals surface area (Å²) in [7, 11) is 0. The molecule has 0 amide bonds. The lowest BCUT2D eigenvalue weighted by Crippen LogP contribution is -2.13. The Hall–Kier alpha value is -8.02. The van der Waals surface area contributed by atoms with E-state index in [2.05, 4.69) is 95.3 Å². The maximum atomic E-state index is 13.5. The van der Waals surface area contributed by atoms with Gasteiger partial charge in [-0.1, -0.05) is 217 Å². The van der Waals surface area contributed by atoms with Crippen molar-refractivity contribution in [2.75, 3.05) is 0 Å². The van der Waals surface area contributed by atoms with Gasteiger partial charge in [-0.15, -0.1) is 0 Å². The molecule has 9 aromatic carbocycles. The average molecular weight is 963 g/mol. The van der Waals surface area contributed by atoms with E-state index >= 15 is 0 Å². The summed E-state index contributed by atoms with van der Waals surface area (Å²) >= 11 is 0. The molecule has 9 aromatic rings. The number of benzene rings is 9. The van der Waals surface area contributed by atoms with Crippen LogP contribution in [0.3, 0.4) is 0 Å². The number of rotatable bonds is 17. The lowest BCUT2D eigenvalue weighted by molar-refractivity contribution is 0.445. The quantitative estimate of drug-likeness (QED) is 0.0585. The smallest absolute Gasteiger partial charge is 0.123 e. The van der Waals surface area contributed by atoms with E-state index in [-0.39, 0.29) is 28.7 Å². The van der Waals surface area contributed by atoms with Gasteiger partial charge in [-0.2, -0.15) is 0 Å². The van der Waals surface area contributed by atoms with Crippen molar-refractivity contribution in [1.29, 1.82) is 0 Å². The molecule has 0 bridgehead atoms. The standard InChI is InChI=1S/C68H66O5/c1-6-43-31-33-60(69)52(35-43)62(48-23-15-11-16-24-48)54-37-45(8-3)39-56(66(54)71)64(50-27-19-13-20-28-50)58-41-47(10-5)42-59(68(58)73)65(51-29-21-14-22-30-51)57-40-46(9-4)38-55(67(57)72)63(49-25-17-12-18-26-49)53-36-44(7-2)32-34-61(53)70/h11-42,62-65,69-73H,6-10H2,1-5H3. The van der Waals surface area contributed by atoms with Crippen molar-refractivity contribution in [3.8, 4) is 28.7 Å². The third-order valence-electron chi connectivity index (χ3n) is 14.9. The lowest BCUT2D eigenvalue weighted by atomic mass is 9.75. The van der Waals surface area contributed by atoms with E-state index in [1.807, 2.05) is 121 Å². The van der Waals surface area contributed by atoms with E-state index < -0.39 is 23.7 Å². The number of phenols is 5. The molecular weight excluding hydrogens is 897 g/mol. The molecule has 0 saturated carbocycles. The van der Waals surface area contributed by atoms with Gasteiger partial charge in [0, 0.05) is 68.2 Å². The second kappa shape index (κ2) is 22.2. The Morgan fingerprint density at radius 3 is 0.671 bits per heavy atom. The molecule has 5 N–H and O–H groups in total. The molecule has 9 rings (SSSR count). The Kier molecular flexibility index (Phi) is 15.2. The molecule has 0 radical (unpaired) electrons. The highest BCUT2D eigenvalue weighted by molar-refractivity contribution is 5.66. The Balaban J connectivity index is 1.32. The largest absolute Gasteiger partial charge is 0.508 e. The maximum absolute atomic E-state index is 13.5. The van der Waals surface area contributed by atoms with Crippen LogP contribution < -0.4 is 0 Å². The highest BCUT2D eigenvalue weighted by Crippen LogP contribution is 2.52. The van der Waals surface area contributed by atoms with Gasteiger partial charge in [0.25, 0.3) is 0 Å². The van der Waals surface area contributed by atoms with Crippen LogP contribution in [0.1, 0.15) is 153 Å². The van der Waals surface area contributed by atoms with Gasteiger partial charge in [-0.3, -0.25) is 0 Å². The van der Waals surface area contributed by atoms with Gasteiger partial charge in [0.1, 0.15) is 28.7 Å². The topological polar surface area (TPSA) is 101 Å². The zero-order valence-electron chi connectivity index (χ0n) is 42.6. The van der Waals surface area contributed by atoms with Gasteiger partial charge in [-0.25, -0.2) is 0 Å². The summed E-state index contributed by atoms with van der Waals surface area (Å²) < 4.78 is 0. The Morgan fingerprint density at radius 1 is 0.247 bits per heavy atom. The van der Waals surface area contributed by atoms with E-state index in [4.69, 9.17) is 0 Å². The molecule has 5 heteroatoms. The first-order valence-corrected chi connectivity index (χ1v) is 26.0. The number of aromatic hydroxyl groups is 5. The third kappa shape index (κ3) is 10.1. The van der Waals surface area contributed by atoms with Gasteiger partial charge in [-0.05, 0) is 94.3 Å². The molecule has 4 unspecified atom stereocenters.